The van der Waals surface area contributed by atoms with Gasteiger partial charge in [0.1, 0.15) is 11.5 Å². The Balaban J connectivity index is 1.80. The molecule has 0 aromatic heterocycles. The normalized spacial score (nSPS) is 20.0. The van der Waals surface area contributed by atoms with Gasteiger partial charge in [-0.2, -0.15) is 0 Å². The highest BCUT2D eigenvalue weighted by molar-refractivity contribution is 6.45. The van der Waals surface area contributed by atoms with Gasteiger partial charge in [-0.1, -0.05) is 23.7 Å². The second-order valence-corrected chi connectivity index (χ2v) is 7.73. The van der Waals surface area contributed by atoms with Crippen molar-refractivity contribution in [3.8, 4) is 0 Å². The maximum absolute atomic E-state index is 13.4. The Bertz CT molecular complexity index is 973. The van der Waals surface area contributed by atoms with Crippen LogP contribution in [0.2, 0.25) is 5.02 Å². The van der Waals surface area contributed by atoms with Gasteiger partial charge in [0.15, 0.2) is 0 Å². The Labute approximate surface area is 173 Å². The second kappa shape index (κ2) is 7.97. The summed E-state index contributed by atoms with van der Waals surface area (Å²) in [7, 11) is 0. The zero-order valence-corrected chi connectivity index (χ0v) is 16.4. The molecule has 2 aliphatic heterocycles. The summed E-state index contributed by atoms with van der Waals surface area (Å²) in [4.78, 5) is 29.7. The zero-order valence-electron chi connectivity index (χ0n) is 15.6. The molecule has 1 fully saturated rings. The number of benzene rings is 2. The maximum Gasteiger partial charge on any atom is 0.282 e. The number of nitrogens with zero attached hydrogens (tertiary/aromatic N) is 2. The Hall–Kier alpha value is -2.70. The largest absolute Gasteiger partial charge is 0.396 e. The number of carbonyl (C=O) groups is 2. The van der Waals surface area contributed by atoms with Crippen molar-refractivity contribution in [1.82, 2.24) is 4.90 Å². The quantitative estimate of drug-likeness (QED) is 0.778. The van der Waals surface area contributed by atoms with Gasteiger partial charge in [-0.25, -0.2) is 9.29 Å². The highest BCUT2D eigenvalue weighted by atomic mass is 35.5. The predicted octanol–water partition coefficient (Wildman–Crippen LogP) is 3.47. The number of carbonyl (C=O) groups excluding carboxylic acids is 2. The number of likely N-dealkylation sites (tertiary alicyclic amines) is 1. The first-order valence-electron chi connectivity index (χ1n) is 9.50. The van der Waals surface area contributed by atoms with Gasteiger partial charge in [-0.15, -0.1) is 0 Å². The molecule has 5 nitrogen and oxygen atoms in total. The average molecular weight is 415 g/mol. The summed E-state index contributed by atoms with van der Waals surface area (Å²) in [6.07, 6.45) is 1.68. The van der Waals surface area contributed by atoms with Gasteiger partial charge in [0, 0.05) is 24.7 Å². The molecule has 150 valence electrons. The highest BCUT2D eigenvalue weighted by Gasteiger charge is 2.43. The van der Waals surface area contributed by atoms with E-state index in [0.717, 1.165) is 17.7 Å². The number of hydrogen-bond donors (Lipinski definition) is 1. The van der Waals surface area contributed by atoms with Gasteiger partial charge in [-0.3, -0.25) is 9.59 Å². The van der Waals surface area contributed by atoms with E-state index in [1.165, 1.54) is 24.3 Å². The standard InChI is InChI=1S/C22H20ClFN2O3/c23-16-5-9-18(10-6-16)26-21(28)19(15-3-7-17(24)8-4-15)20(22(26)29)25-11-1-2-14(12-25)13-27/h3-10,14,27H,1-2,11-13H2. The summed E-state index contributed by atoms with van der Waals surface area (Å²) in [5.74, 6) is -1.25. The summed E-state index contributed by atoms with van der Waals surface area (Å²) < 4.78 is 13.4. The first-order chi connectivity index (χ1) is 14.0. The molecule has 7 heteroatoms. The van der Waals surface area contributed by atoms with Crippen LogP contribution in [0.25, 0.3) is 5.57 Å². The Morgan fingerprint density at radius 3 is 2.38 bits per heavy atom. The molecule has 1 N–H and O–H groups in total. The van der Waals surface area contributed by atoms with Crippen molar-refractivity contribution in [3.63, 3.8) is 0 Å². The van der Waals surface area contributed by atoms with Crippen molar-refractivity contribution in [2.24, 2.45) is 5.92 Å². The van der Waals surface area contributed by atoms with Gasteiger partial charge >= 0.3 is 0 Å². The lowest BCUT2D eigenvalue weighted by Crippen LogP contribution is -2.40. The maximum atomic E-state index is 13.4. The van der Waals surface area contributed by atoms with Crippen LogP contribution >= 0.6 is 11.6 Å². The molecule has 2 aromatic rings. The molecule has 2 aromatic carbocycles. The molecule has 0 aliphatic carbocycles. The smallest absolute Gasteiger partial charge is 0.282 e. The zero-order chi connectivity index (χ0) is 20.5. The number of aliphatic hydroxyl groups excluding tert-OH is 1. The van der Waals surface area contributed by atoms with E-state index >= 15 is 0 Å². The molecule has 4 rings (SSSR count). The third-order valence-corrected chi connectivity index (χ3v) is 5.62. The van der Waals surface area contributed by atoms with Crippen LogP contribution in [-0.4, -0.2) is 41.5 Å². The summed E-state index contributed by atoms with van der Waals surface area (Å²) in [5, 5.41) is 10.1. The number of rotatable bonds is 4. The van der Waals surface area contributed by atoms with Crippen LogP contribution in [0.4, 0.5) is 10.1 Å². The minimum Gasteiger partial charge on any atom is -0.396 e. The topological polar surface area (TPSA) is 60.9 Å². The van der Waals surface area contributed by atoms with Gasteiger partial charge in [0.2, 0.25) is 0 Å². The van der Waals surface area contributed by atoms with Gasteiger partial charge in [-0.05, 0) is 60.7 Å². The van der Waals surface area contributed by atoms with Gasteiger partial charge < -0.3 is 10.0 Å². The van der Waals surface area contributed by atoms with Crippen LogP contribution in [0, 0.1) is 11.7 Å². The monoisotopic (exact) mass is 414 g/mol. The van der Waals surface area contributed by atoms with Crippen LogP contribution < -0.4 is 4.90 Å². The van der Waals surface area contributed by atoms with E-state index < -0.39 is 17.6 Å². The Morgan fingerprint density at radius 2 is 1.72 bits per heavy atom. The van der Waals surface area contributed by atoms with Crippen molar-refractivity contribution in [2.45, 2.75) is 12.8 Å². The fraction of sp³-hybridized carbons (Fsp3) is 0.273. The van der Waals surface area contributed by atoms with Gasteiger partial charge in [0.05, 0.1) is 11.3 Å². The van der Waals surface area contributed by atoms with Crippen LogP contribution in [0.5, 0.6) is 0 Å². The number of amides is 2. The minimum absolute atomic E-state index is 0.0265. The van der Waals surface area contributed by atoms with Gasteiger partial charge in [0.25, 0.3) is 11.8 Å². The average Bonchev–Trinajstić information content (AvgIpc) is 2.99. The van der Waals surface area contributed by atoms with E-state index in [-0.39, 0.29) is 18.1 Å². The van der Waals surface area contributed by atoms with Crippen LogP contribution in [0.3, 0.4) is 0 Å². The molecule has 2 heterocycles. The van der Waals surface area contributed by atoms with E-state index in [1.54, 1.807) is 24.3 Å². The van der Waals surface area contributed by atoms with E-state index in [0.29, 0.717) is 35.1 Å². The molecule has 1 atom stereocenters. The molecule has 2 amide bonds. The first kappa shape index (κ1) is 19.6. The fourth-order valence-corrected chi connectivity index (χ4v) is 4.06. The molecule has 1 saturated heterocycles. The molecular weight excluding hydrogens is 395 g/mol. The summed E-state index contributed by atoms with van der Waals surface area (Å²) in [6, 6.07) is 12.0. The molecule has 29 heavy (non-hydrogen) atoms. The molecule has 0 spiro atoms. The molecule has 2 aliphatic rings. The van der Waals surface area contributed by atoms with E-state index in [1.807, 2.05) is 4.90 Å². The van der Waals surface area contributed by atoms with E-state index in [4.69, 9.17) is 11.6 Å². The number of hydrogen-bond acceptors (Lipinski definition) is 4. The van der Waals surface area contributed by atoms with Crippen molar-refractivity contribution in [3.05, 3.63) is 70.6 Å². The van der Waals surface area contributed by atoms with Crippen molar-refractivity contribution < 1.29 is 19.1 Å². The summed E-state index contributed by atoms with van der Waals surface area (Å²) in [5.41, 5.74) is 1.47. The predicted molar refractivity (Wildman–Crippen MR) is 109 cm³/mol. The van der Waals surface area contributed by atoms with Crippen molar-refractivity contribution in [1.29, 1.82) is 0 Å². The van der Waals surface area contributed by atoms with Crippen molar-refractivity contribution >= 4 is 34.7 Å². The number of piperidine rings is 1. The molecule has 1 unspecified atom stereocenters. The molecule has 0 bridgehead atoms. The lowest BCUT2D eigenvalue weighted by Gasteiger charge is -2.34. The number of anilines is 1. The number of aliphatic hydroxyl groups is 1. The van der Waals surface area contributed by atoms with Crippen molar-refractivity contribution in [2.75, 3.05) is 24.6 Å². The lowest BCUT2D eigenvalue weighted by molar-refractivity contribution is -0.120. The van der Waals surface area contributed by atoms with Crippen LogP contribution in [-0.2, 0) is 9.59 Å². The molecule has 0 radical (unpaired) electrons. The minimum atomic E-state index is -0.454. The fourth-order valence-electron chi connectivity index (χ4n) is 3.93. The molecule has 0 saturated carbocycles. The number of imide groups is 1. The van der Waals surface area contributed by atoms with Crippen LogP contribution in [0.15, 0.2) is 54.2 Å². The Morgan fingerprint density at radius 1 is 1.03 bits per heavy atom. The molecular formula is C22H20ClFN2O3. The lowest BCUT2D eigenvalue weighted by atomic mass is 9.97. The van der Waals surface area contributed by atoms with Crippen LogP contribution in [0.1, 0.15) is 18.4 Å². The Kier molecular flexibility index (Phi) is 5.39. The van der Waals surface area contributed by atoms with E-state index in [2.05, 4.69) is 0 Å². The number of halogens is 2. The SMILES string of the molecule is O=C1C(c2ccc(F)cc2)=C(N2CCCC(CO)C2)C(=O)N1c1ccc(Cl)cc1. The summed E-state index contributed by atoms with van der Waals surface area (Å²) in [6.45, 7) is 1.13. The highest BCUT2D eigenvalue weighted by Crippen LogP contribution is 2.36. The summed E-state index contributed by atoms with van der Waals surface area (Å²) >= 11 is 5.95. The third-order valence-electron chi connectivity index (χ3n) is 5.37. The third kappa shape index (κ3) is 3.66. The van der Waals surface area contributed by atoms with E-state index in [9.17, 15) is 19.1 Å². The first-order valence-corrected chi connectivity index (χ1v) is 9.87. The second-order valence-electron chi connectivity index (χ2n) is 7.29.